The molecule has 0 radical (unpaired) electrons. The first-order chi connectivity index (χ1) is 13.8. The van der Waals surface area contributed by atoms with E-state index in [9.17, 15) is 13.2 Å². The van der Waals surface area contributed by atoms with Crippen molar-refractivity contribution < 1.29 is 13.2 Å². The van der Waals surface area contributed by atoms with Crippen LogP contribution in [-0.4, -0.2) is 48.5 Å². The van der Waals surface area contributed by atoms with Gasteiger partial charge in [0, 0.05) is 25.3 Å². The quantitative estimate of drug-likeness (QED) is 0.411. The van der Waals surface area contributed by atoms with Gasteiger partial charge < -0.3 is 5.32 Å². The summed E-state index contributed by atoms with van der Waals surface area (Å²) in [4.78, 5) is 16.6. The van der Waals surface area contributed by atoms with Crippen molar-refractivity contribution in [2.75, 3.05) is 12.8 Å². The molecule has 29 heavy (non-hydrogen) atoms. The number of hydrogen-bond donors (Lipinski definition) is 1. The average Bonchev–Trinajstić information content (AvgIpc) is 2.72. The molecule has 0 spiro atoms. The first-order valence-electron chi connectivity index (χ1n) is 10.7. The second-order valence-electron chi connectivity index (χ2n) is 7.90. The number of sulfonamides is 1. The number of nitrogens with zero attached hydrogens (tertiary/aromatic N) is 2. The number of unbranched alkanes of at least 4 members (excludes halogenated alkanes) is 2. The Morgan fingerprint density at radius 1 is 1.28 bits per heavy atom. The molecule has 0 aromatic carbocycles. The summed E-state index contributed by atoms with van der Waals surface area (Å²) in [7, 11) is -1.86. The van der Waals surface area contributed by atoms with E-state index >= 15 is 0 Å². The molecule has 6 nitrogen and oxygen atoms in total. The molecule has 1 fully saturated rings. The van der Waals surface area contributed by atoms with E-state index in [1.807, 2.05) is 6.92 Å². The average molecular weight is 442 g/mol. The highest BCUT2D eigenvalue weighted by atomic mass is 32.2. The number of pyridine rings is 1. The predicted molar refractivity (Wildman–Crippen MR) is 119 cm³/mol. The minimum Gasteiger partial charge on any atom is -0.353 e. The number of hydrogen-bond acceptors (Lipinski definition) is 5. The van der Waals surface area contributed by atoms with Crippen LogP contribution in [0.5, 0.6) is 0 Å². The molecule has 164 valence electrons. The molecule has 1 heterocycles. The van der Waals surface area contributed by atoms with Crippen LogP contribution in [0.4, 0.5) is 0 Å². The molecule has 1 unspecified atom stereocenters. The van der Waals surface area contributed by atoms with E-state index in [0.717, 1.165) is 38.5 Å². The van der Waals surface area contributed by atoms with Crippen molar-refractivity contribution in [1.29, 1.82) is 0 Å². The van der Waals surface area contributed by atoms with Gasteiger partial charge >= 0.3 is 0 Å². The van der Waals surface area contributed by atoms with E-state index in [1.165, 1.54) is 41.5 Å². The Balaban J connectivity index is 1.85. The van der Waals surface area contributed by atoms with Crippen molar-refractivity contribution in [3.8, 4) is 0 Å². The maximum Gasteiger partial charge on any atom is 0.244 e. The lowest BCUT2D eigenvalue weighted by Gasteiger charge is -2.30. The number of thioether (sulfide) groups is 1. The summed E-state index contributed by atoms with van der Waals surface area (Å²) in [6.45, 7) is 4.19. The topological polar surface area (TPSA) is 79.4 Å². The van der Waals surface area contributed by atoms with E-state index < -0.39 is 10.0 Å². The Labute approximate surface area is 180 Å². The van der Waals surface area contributed by atoms with Gasteiger partial charge in [0.15, 0.2) is 0 Å². The van der Waals surface area contributed by atoms with Crippen LogP contribution in [0.3, 0.4) is 0 Å². The Morgan fingerprint density at radius 3 is 2.62 bits per heavy atom. The van der Waals surface area contributed by atoms with Crippen molar-refractivity contribution in [2.45, 2.75) is 93.6 Å². The number of amides is 1. The standard InChI is InChI=1S/C21H35N3O3S2/c1-4-5-7-10-17(2)23-20(25)16-28-21-14-13-19(15-22-21)29(26,27)24(3)18-11-8-6-9-12-18/h13-15,17-18H,4-12,16H2,1-3H3,(H,23,25). The van der Waals surface area contributed by atoms with Gasteiger partial charge in [-0.25, -0.2) is 13.4 Å². The van der Waals surface area contributed by atoms with Crippen LogP contribution in [-0.2, 0) is 14.8 Å². The van der Waals surface area contributed by atoms with Crippen LogP contribution < -0.4 is 5.32 Å². The monoisotopic (exact) mass is 441 g/mol. The molecule has 0 aliphatic heterocycles. The number of carbonyl (C=O) groups excluding carboxylic acids is 1. The second-order valence-corrected chi connectivity index (χ2v) is 10.9. The van der Waals surface area contributed by atoms with Crippen LogP contribution in [0.25, 0.3) is 0 Å². The summed E-state index contributed by atoms with van der Waals surface area (Å²) < 4.78 is 27.2. The van der Waals surface area contributed by atoms with Crippen molar-refractivity contribution in [3.63, 3.8) is 0 Å². The number of carbonyl (C=O) groups is 1. The minimum atomic E-state index is -3.53. The maximum absolute atomic E-state index is 12.9. The first kappa shape index (κ1) is 24.2. The molecule has 2 rings (SSSR count). The SMILES string of the molecule is CCCCCC(C)NC(=O)CSc1ccc(S(=O)(=O)N(C)C2CCCCC2)cn1. The molecule has 1 aromatic heterocycles. The highest BCUT2D eigenvalue weighted by Gasteiger charge is 2.29. The van der Waals surface area contributed by atoms with Crippen molar-refractivity contribution in [3.05, 3.63) is 18.3 Å². The van der Waals surface area contributed by atoms with Gasteiger partial charge in [0.2, 0.25) is 15.9 Å². The van der Waals surface area contributed by atoms with Crippen LogP contribution in [0.1, 0.15) is 71.6 Å². The summed E-state index contributed by atoms with van der Waals surface area (Å²) in [5, 5.41) is 3.66. The number of nitrogens with one attached hydrogen (secondary N) is 1. The summed E-state index contributed by atoms with van der Waals surface area (Å²) in [5.74, 6) is 0.258. The van der Waals surface area contributed by atoms with E-state index in [4.69, 9.17) is 0 Å². The lowest BCUT2D eigenvalue weighted by molar-refractivity contribution is -0.119. The molecular weight excluding hydrogens is 406 g/mol. The van der Waals surface area contributed by atoms with Gasteiger partial charge in [-0.2, -0.15) is 4.31 Å². The van der Waals surface area contributed by atoms with Crippen molar-refractivity contribution >= 4 is 27.7 Å². The van der Waals surface area contributed by atoms with Crippen LogP contribution in [0.15, 0.2) is 28.3 Å². The number of aromatic nitrogens is 1. The number of rotatable bonds is 11. The normalized spacial score (nSPS) is 16.7. The largest absolute Gasteiger partial charge is 0.353 e. The third-order valence-electron chi connectivity index (χ3n) is 5.47. The Bertz CT molecular complexity index is 732. The minimum absolute atomic E-state index is 0.0190. The van der Waals surface area contributed by atoms with E-state index in [2.05, 4.69) is 17.2 Å². The second kappa shape index (κ2) is 11.9. The van der Waals surface area contributed by atoms with Gasteiger partial charge in [-0.3, -0.25) is 4.79 Å². The molecule has 1 aliphatic rings. The molecule has 8 heteroatoms. The molecule has 1 amide bonds. The van der Waals surface area contributed by atoms with Crippen LogP contribution in [0.2, 0.25) is 0 Å². The lowest BCUT2D eigenvalue weighted by atomic mass is 9.96. The van der Waals surface area contributed by atoms with Gasteiger partial charge in [-0.05, 0) is 38.3 Å². The Hall–Kier alpha value is -1.12. The third-order valence-corrected chi connectivity index (χ3v) is 8.31. The lowest BCUT2D eigenvalue weighted by Crippen LogP contribution is -2.38. The summed E-state index contributed by atoms with van der Waals surface area (Å²) in [6, 6.07) is 3.52. The van der Waals surface area contributed by atoms with Gasteiger partial charge in [-0.1, -0.05) is 57.2 Å². The zero-order valence-electron chi connectivity index (χ0n) is 17.9. The van der Waals surface area contributed by atoms with Gasteiger partial charge in [-0.15, -0.1) is 0 Å². The Kier molecular flexibility index (Phi) is 9.92. The molecule has 1 aromatic rings. The van der Waals surface area contributed by atoms with E-state index in [1.54, 1.807) is 19.2 Å². The Morgan fingerprint density at radius 2 is 2.00 bits per heavy atom. The van der Waals surface area contributed by atoms with E-state index in [0.29, 0.717) is 5.03 Å². The highest BCUT2D eigenvalue weighted by molar-refractivity contribution is 7.99. The van der Waals surface area contributed by atoms with Crippen LogP contribution >= 0.6 is 11.8 Å². The fraction of sp³-hybridized carbons (Fsp3) is 0.714. The molecule has 1 N–H and O–H groups in total. The molecular formula is C21H35N3O3S2. The summed E-state index contributed by atoms with van der Waals surface area (Å²) in [5.41, 5.74) is 0. The molecule has 1 atom stereocenters. The maximum atomic E-state index is 12.9. The fourth-order valence-electron chi connectivity index (χ4n) is 3.64. The van der Waals surface area contributed by atoms with Crippen LogP contribution in [0, 0.1) is 0 Å². The first-order valence-corrected chi connectivity index (χ1v) is 13.1. The van der Waals surface area contributed by atoms with Crippen molar-refractivity contribution in [2.24, 2.45) is 0 Å². The van der Waals surface area contributed by atoms with E-state index in [-0.39, 0.29) is 28.6 Å². The molecule has 1 saturated carbocycles. The molecule has 0 saturated heterocycles. The van der Waals surface area contributed by atoms with Gasteiger partial charge in [0.25, 0.3) is 0 Å². The van der Waals surface area contributed by atoms with Gasteiger partial charge in [0.05, 0.1) is 10.8 Å². The van der Waals surface area contributed by atoms with Crippen molar-refractivity contribution in [1.82, 2.24) is 14.6 Å². The zero-order chi connectivity index (χ0) is 21.3. The highest BCUT2D eigenvalue weighted by Crippen LogP contribution is 2.27. The molecule has 0 bridgehead atoms. The zero-order valence-corrected chi connectivity index (χ0v) is 19.5. The smallest absolute Gasteiger partial charge is 0.244 e. The summed E-state index contributed by atoms with van der Waals surface area (Å²) in [6.07, 6.45) is 11.1. The summed E-state index contributed by atoms with van der Waals surface area (Å²) >= 11 is 1.32. The molecule has 1 aliphatic carbocycles. The fourth-order valence-corrected chi connectivity index (χ4v) is 5.66. The third kappa shape index (κ3) is 7.57. The predicted octanol–water partition coefficient (Wildman–Crippen LogP) is 4.21. The van der Waals surface area contributed by atoms with Gasteiger partial charge in [0.1, 0.15) is 4.90 Å².